The Hall–Kier alpha value is -1.64. The van der Waals surface area contributed by atoms with Gasteiger partial charge in [0.15, 0.2) is 12.4 Å². The van der Waals surface area contributed by atoms with Crippen molar-refractivity contribution in [1.82, 2.24) is 0 Å². The van der Waals surface area contributed by atoms with Gasteiger partial charge < -0.3 is 4.74 Å². The van der Waals surface area contributed by atoms with Gasteiger partial charge in [0.05, 0.1) is 0 Å². The number of carbonyl (C=O) groups is 2. The molecule has 0 aromatic heterocycles. The Balaban J connectivity index is 2.48. The molecule has 3 nitrogen and oxygen atoms in total. The molecule has 0 aliphatic heterocycles. The van der Waals surface area contributed by atoms with Gasteiger partial charge in [-0.3, -0.25) is 9.59 Å². The molecule has 0 fully saturated rings. The number of Topliss-reactive ketones (excluding diaryl/α,β-unsaturated/α-hetero) is 1. The molecule has 0 amide bonds. The molecule has 0 N–H and O–H groups in total. The lowest BCUT2D eigenvalue weighted by Gasteiger charge is -2.04. The normalized spacial score (nSPS) is 10.1. The average Bonchev–Trinajstić information content (AvgIpc) is 2.37. The number of carbonyl (C=O) groups excluding carboxylic acids is 2. The average molecular weight is 248 g/mol. The molecule has 0 atom stereocenters. The van der Waals surface area contributed by atoms with Crippen LogP contribution in [-0.4, -0.2) is 18.4 Å². The summed E-state index contributed by atoms with van der Waals surface area (Å²) in [5, 5.41) is 0. The van der Waals surface area contributed by atoms with E-state index in [1.165, 1.54) is 31.7 Å². The largest absolute Gasteiger partial charge is 0.457 e. The Morgan fingerprint density at radius 1 is 1.11 bits per heavy atom. The van der Waals surface area contributed by atoms with Crippen LogP contribution in [0.4, 0.5) is 0 Å². The monoisotopic (exact) mass is 248 g/mol. The molecule has 0 radical (unpaired) electrons. The van der Waals surface area contributed by atoms with Crippen LogP contribution in [0.15, 0.2) is 24.3 Å². The molecular formula is C15H20O3. The lowest BCUT2D eigenvalue weighted by molar-refractivity contribution is -0.139. The predicted octanol–water partition coefficient (Wildman–Crippen LogP) is 3.17. The standard InChI is InChI=1S/C15H20O3/c1-3-4-5-6-13-7-9-14(10-8-13)15(17)11-18-12(2)16/h7-10H,3-6,11H2,1-2H3. The second kappa shape index (κ2) is 7.64. The molecule has 1 aromatic rings. The number of ether oxygens (including phenoxy) is 1. The van der Waals surface area contributed by atoms with Gasteiger partial charge in [0.2, 0.25) is 0 Å². The van der Waals surface area contributed by atoms with Crippen LogP contribution in [0.3, 0.4) is 0 Å². The van der Waals surface area contributed by atoms with E-state index in [1.54, 1.807) is 12.1 Å². The lowest BCUT2D eigenvalue weighted by atomic mass is 10.0. The molecular weight excluding hydrogens is 228 g/mol. The minimum absolute atomic E-state index is 0.162. The highest BCUT2D eigenvalue weighted by Gasteiger charge is 2.07. The van der Waals surface area contributed by atoms with Gasteiger partial charge in [0.25, 0.3) is 0 Å². The highest BCUT2D eigenvalue weighted by Crippen LogP contribution is 2.09. The predicted molar refractivity (Wildman–Crippen MR) is 70.6 cm³/mol. The van der Waals surface area contributed by atoms with E-state index < -0.39 is 5.97 Å². The number of unbranched alkanes of at least 4 members (excludes halogenated alkanes) is 2. The fourth-order valence-electron chi connectivity index (χ4n) is 1.69. The molecule has 0 heterocycles. The summed E-state index contributed by atoms with van der Waals surface area (Å²) < 4.78 is 4.68. The van der Waals surface area contributed by atoms with Crippen LogP contribution in [0, 0.1) is 0 Å². The Morgan fingerprint density at radius 2 is 1.78 bits per heavy atom. The SMILES string of the molecule is CCCCCc1ccc(C(=O)COC(C)=O)cc1. The van der Waals surface area contributed by atoms with Crippen molar-refractivity contribution in [3.63, 3.8) is 0 Å². The van der Waals surface area contributed by atoms with Crippen molar-refractivity contribution in [2.75, 3.05) is 6.61 Å². The van der Waals surface area contributed by atoms with Gasteiger partial charge in [-0.15, -0.1) is 0 Å². The smallest absolute Gasteiger partial charge is 0.303 e. The molecule has 0 bridgehead atoms. The Bertz CT molecular complexity index is 393. The van der Waals surface area contributed by atoms with Crippen molar-refractivity contribution in [2.45, 2.75) is 39.5 Å². The summed E-state index contributed by atoms with van der Waals surface area (Å²) in [5.74, 6) is -0.593. The maximum atomic E-state index is 11.6. The first kappa shape index (κ1) is 14.4. The van der Waals surface area contributed by atoms with E-state index >= 15 is 0 Å². The maximum Gasteiger partial charge on any atom is 0.303 e. The van der Waals surface area contributed by atoms with E-state index in [-0.39, 0.29) is 12.4 Å². The van der Waals surface area contributed by atoms with E-state index in [0.29, 0.717) is 5.56 Å². The third kappa shape index (κ3) is 5.13. The zero-order valence-corrected chi connectivity index (χ0v) is 11.1. The molecule has 0 aliphatic carbocycles. The molecule has 0 unspecified atom stereocenters. The highest BCUT2D eigenvalue weighted by atomic mass is 16.5. The summed E-state index contributed by atoms with van der Waals surface area (Å²) in [4.78, 5) is 22.2. The van der Waals surface area contributed by atoms with Crippen molar-refractivity contribution in [2.24, 2.45) is 0 Å². The molecule has 0 spiro atoms. The Morgan fingerprint density at radius 3 is 2.33 bits per heavy atom. The molecule has 1 rings (SSSR count). The zero-order chi connectivity index (χ0) is 13.4. The lowest BCUT2D eigenvalue weighted by Crippen LogP contribution is -2.11. The van der Waals surface area contributed by atoms with Crippen molar-refractivity contribution in [3.05, 3.63) is 35.4 Å². The first-order valence-electron chi connectivity index (χ1n) is 6.39. The van der Waals surface area contributed by atoms with E-state index in [0.717, 1.165) is 6.42 Å². The topological polar surface area (TPSA) is 43.4 Å². The molecule has 98 valence electrons. The third-order valence-electron chi connectivity index (χ3n) is 2.75. The summed E-state index contributed by atoms with van der Waals surface area (Å²) in [7, 11) is 0. The molecule has 0 aliphatic rings. The molecule has 1 aromatic carbocycles. The summed E-state index contributed by atoms with van der Waals surface area (Å²) in [5.41, 5.74) is 1.84. The van der Waals surface area contributed by atoms with E-state index in [1.807, 2.05) is 12.1 Å². The van der Waals surface area contributed by atoms with Crippen molar-refractivity contribution in [1.29, 1.82) is 0 Å². The minimum atomic E-state index is -0.431. The third-order valence-corrected chi connectivity index (χ3v) is 2.75. The molecule has 0 saturated carbocycles. The van der Waals surface area contributed by atoms with Crippen LogP contribution in [-0.2, 0) is 16.0 Å². The summed E-state index contributed by atoms with van der Waals surface area (Å²) in [6.45, 7) is 3.30. The number of ketones is 1. The molecule has 3 heteroatoms. The number of hydrogen-bond donors (Lipinski definition) is 0. The van der Waals surface area contributed by atoms with Crippen LogP contribution in [0.2, 0.25) is 0 Å². The summed E-state index contributed by atoms with van der Waals surface area (Å²) in [6.07, 6.45) is 4.66. The number of esters is 1. The fourth-order valence-corrected chi connectivity index (χ4v) is 1.69. The van der Waals surface area contributed by atoms with Crippen molar-refractivity contribution >= 4 is 11.8 Å². The first-order chi connectivity index (χ1) is 8.63. The van der Waals surface area contributed by atoms with Crippen LogP contribution in [0.25, 0.3) is 0 Å². The second-order valence-electron chi connectivity index (χ2n) is 4.36. The van der Waals surface area contributed by atoms with Crippen molar-refractivity contribution in [3.8, 4) is 0 Å². The number of benzene rings is 1. The van der Waals surface area contributed by atoms with E-state index in [9.17, 15) is 9.59 Å². The van der Waals surface area contributed by atoms with Crippen LogP contribution < -0.4 is 0 Å². The molecule has 0 saturated heterocycles. The van der Waals surface area contributed by atoms with Gasteiger partial charge in [-0.1, -0.05) is 44.0 Å². The van der Waals surface area contributed by atoms with E-state index in [2.05, 4.69) is 11.7 Å². The first-order valence-corrected chi connectivity index (χ1v) is 6.39. The number of rotatable bonds is 7. The van der Waals surface area contributed by atoms with Gasteiger partial charge in [-0.25, -0.2) is 0 Å². The minimum Gasteiger partial charge on any atom is -0.457 e. The zero-order valence-electron chi connectivity index (χ0n) is 11.1. The molecule has 18 heavy (non-hydrogen) atoms. The van der Waals surface area contributed by atoms with Crippen LogP contribution in [0.5, 0.6) is 0 Å². The Labute approximate surface area is 108 Å². The summed E-state index contributed by atoms with van der Waals surface area (Å²) in [6, 6.07) is 7.54. The summed E-state index contributed by atoms with van der Waals surface area (Å²) >= 11 is 0. The van der Waals surface area contributed by atoms with Gasteiger partial charge in [-0.2, -0.15) is 0 Å². The van der Waals surface area contributed by atoms with Gasteiger partial charge in [0, 0.05) is 12.5 Å². The van der Waals surface area contributed by atoms with Gasteiger partial charge >= 0.3 is 5.97 Å². The quantitative estimate of drug-likeness (QED) is 0.423. The fraction of sp³-hybridized carbons (Fsp3) is 0.467. The van der Waals surface area contributed by atoms with Crippen molar-refractivity contribution < 1.29 is 14.3 Å². The number of aryl methyl sites for hydroxylation is 1. The maximum absolute atomic E-state index is 11.6. The number of hydrogen-bond acceptors (Lipinski definition) is 3. The van der Waals surface area contributed by atoms with Crippen LogP contribution in [0.1, 0.15) is 49.0 Å². The Kier molecular flexibility index (Phi) is 6.12. The van der Waals surface area contributed by atoms with E-state index in [4.69, 9.17) is 0 Å². The van der Waals surface area contributed by atoms with Gasteiger partial charge in [-0.05, 0) is 18.4 Å². The van der Waals surface area contributed by atoms with Gasteiger partial charge in [0.1, 0.15) is 0 Å². The second-order valence-corrected chi connectivity index (χ2v) is 4.36. The van der Waals surface area contributed by atoms with Crippen LogP contribution >= 0.6 is 0 Å². The highest BCUT2D eigenvalue weighted by molar-refractivity contribution is 5.97.